The van der Waals surface area contributed by atoms with Crippen molar-refractivity contribution in [2.24, 2.45) is 5.73 Å². The summed E-state index contributed by atoms with van der Waals surface area (Å²) in [6, 6.07) is 5.00. The number of benzene rings is 1. The fraction of sp³-hybridized carbons (Fsp3) is 0.500. The van der Waals surface area contributed by atoms with Gasteiger partial charge < -0.3 is 5.73 Å². The summed E-state index contributed by atoms with van der Waals surface area (Å²) in [6.07, 6.45) is 1.42. The van der Waals surface area contributed by atoms with E-state index in [1.54, 1.807) is 18.2 Å². The number of rotatable bonds is 3. The quantitative estimate of drug-likeness (QED) is 0.928. The van der Waals surface area contributed by atoms with Crippen LogP contribution in [0.1, 0.15) is 18.4 Å². The monoisotopic (exact) mass is 322 g/mol. The van der Waals surface area contributed by atoms with Gasteiger partial charge in [0.2, 0.25) is 10.0 Å². The zero-order valence-corrected chi connectivity index (χ0v) is 12.7. The van der Waals surface area contributed by atoms with Gasteiger partial charge in [-0.25, -0.2) is 12.7 Å². The standard InChI is InChI=1S/C12H16Cl2N2O2S/c13-11-2-1-9(7-12(11)14)8-19(17,18)16-5-3-10(15)4-6-16/h1-2,7,10H,3-6,8,15H2. The van der Waals surface area contributed by atoms with Crippen molar-refractivity contribution in [3.8, 4) is 0 Å². The van der Waals surface area contributed by atoms with E-state index in [1.165, 1.54) is 4.31 Å². The number of sulfonamides is 1. The minimum absolute atomic E-state index is 0.0564. The first-order valence-electron chi connectivity index (χ1n) is 6.06. The number of nitrogens with zero attached hydrogens (tertiary/aromatic N) is 1. The number of piperidine rings is 1. The molecule has 106 valence electrons. The third-order valence-electron chi connectivity index (χ3n) is 3.23. The molecule has 1 aliphatic heterocycles. The fourth-order valence-electron chi connectivity index (χ4n) is 2.09. The fourth-order valence-corrected chi connectivity index (χ4v) is 3.96. The first kappa shape index (κ1) is 15.1. The summed E-state index contributed by atoms with van der Waals surface area (Å²) in [5, 5.41) is 0.793. The number of nitrogens with two attached hydrogens (primary N) is 1. The molecule has 0 saturated carbocycles. The van der Waals surface area contributed by atoms with Crippen molar-refractivity contribution >= 4 is 33.2 Å². The van der Waals surface area contributed by atoms with E-state index in [2.05, 4.69) is 0 Å². The highest BCUT2D eigenvalue weighted by Gasteiger charge is 2.26. The first-order chi connectivity index (χ1) is 8.88. The van der Waals surface area contributed by atoms with Crippen LogP contribution in [-0.2, 0) is 15.8 Å². The minimum Gasteiger partial charge on any atom is -0.328 e. The molecule has 1 fully saturated rings. The molecular weight excluding hydrogens is 307 g/mol. The van der Waals surface area contributed by atoms with E-state index in [1.807, 2.05) is 0 Å². The van der Waals surface area contributed by atoms with E-state index >= 15 is 0 Å². The van der Waals surface area contributed by atoms with Gasteiger partial charge in [0.25, 0.3) is 0 Å². The molecule has 0 unspecified atom stereocenters. The van der Waals surface area contributed by atoms with Crippen LogP contribution in [-0.4, -0.2) is 31.9 Å². The zero-order chi connectivity index (χ0) is 14.0. The van der Waals surface area contributed by atoms with E-state index in [0.29, 0.717) is 41.5 Å². The summed E-state index contributed by atoms with van der Waals surface area (Å²) in [7, 11) is -3.31. The van der Waals surface area contributed by atoms with Crippen molar-refractivity contribution in [1.82, 2.24) is 4.31 Å². The molecule has 1 heterocycles. The number of halogens is 2. The molecule has 1 aliphatic rings. The van der Waals surface area contributed by atoms with Crippen LogP contribution >= 0.6 is 23.2 Å². The lowest BCUT2D eigenvalue weighted by molar-refractivity contribution is 0.319. The molecule has 1 aromatic carbocycles. The van der Waals surface area contributed by atoms with Gasteiger partial charge in [-0.05, 0) is 30.5 Å². The van der Waals surface area contributed by atoms with Crippen LogP contribution in [0.5, 0.6) is 0 Å². The Hall–Kier alpha value is -0.330. The number of hydrogen-bond acceptors (Lipinski definition) is 3. The summed E-state index contributed by atoms with van der Waals surface area (Å²) in [5.41, 5.74) is 6.42. The smallest absolute Gasteiger partial charge is 0.218 e. The third kappa shape index (κ3) is 3.83. The first-order valence-corrected chi connectivity index (χ1v) is 8.42. The maximum atomic E-state index is 12.3. The lowest BCUT2D eigenvalue weighted by Crippen LogP contribution is -2.43. The van der Waals surface area contributed by atoms with E-state index in [0.717, 1.165) is 0 Å². The molecule has 0 radical (unpaired) electrons. The second kappa shape index (κ2) is 5.97. The molecule has 4 nitrogen and oxygen atoms in total. The van der Waals surface area contributed by atoms with Gasteiger partial charge in [0.05, 0.1) is 15.8 Å². The van der Waals surface area contributed by atoms with Crippen molar-refractivity contribution in [2.75, 3.05) is 13.1 Å². The molecule has 0 aliphatic carbocycles. The van der Waals surface area contributed by atoms with Gasteiger partial charge in [-0.2, -0.15) is 0 Å². The van der Waals surface area contributed by atoms with Gasteiger partial charge >= 0.3 is 0 Å². The van der Waals surface area contributed by atoms with Crippen LogP contribution in [0.3, 0.4) is 0 Å². The summed E-state index contributed by atoms with van der Waals surface area (Å²) in [6.45, 7) is 0.982. The Morgan fingerprint density at radius 2 is 1.84 bits per heavy atom. The molecule has 2 rings (SSSR count). The van der Waals surface area contributed by atoms with Crippen LogP contribution in [0.25, 0.3) is 0 Å². The number of hydrogen-bond donors (Lipinski definition) is 1. The largest absolute Gasteiger partial charge is 0.328 e. The molecule has 0 spiro atoms. The average molecular weight is 323 g/mol. The van der Waals surface area contributed by atoms with Crippen molar-refractivity contribution in [3.63, 3.8) is 0 Å². The van der Waals surface area contributed by atoms with Gasteiger partial charge in [-0.15, -0.1) is 0 Å². The SMILES string of the molecule is NC1CCN(S(=O)(=O)Cc2ccc(Cl)c(Cl)c2)CC1. The highest BCUT2D eigenvalue weighted by Crippen LogP contribution is 2.24. The Balaban J connectivity index is 2.10. The van der Waals surface area contributed by atoms with Crippen molar-refractivity contribution in [3.05, 3.63) is 33.8 Å². The molecule has 2 N–H and O–H groups in total. The summed E-state index contributed by atoms with van der Waals surface area (Å²) in [4.78, 5) is 0. The minimum atomic E-state index is -3.31. The van der Waals surface area contributed by atoms with Gasteiger partial charge in [-0.1, -0.05) is 29.3 Å². The van der Waals surface area contributed by atoms with E-state index < -0.39 is 10.0 Å². The molecule has 1 aromatic rings. The Bertz CT molecular complexity index is 555. The molecule has 1 saturated heterocycles. The van der Waals surface area contributed by atoms with Gasteiger partial charge in [-0.3, -0.25) is 0 Å². The van der Waals surface area contributed by atoms with Crippen LogP contribution < -0.4 is 5.73 Å². The molecule has 19 heavy (non-hydrogen) atoms. The molecule has 0 aromatic heterocycles. The topological polar surface area (TPSA) is 63.4 Å². The lowest BCUT2D eigenvalue weighted by Gasteiger charge is -2.29. The van der Waals surface area contributed by atoms with Crippen LogP contribution in [0.2, 0.25) is 10.0 Å². The van der Waals surface area contributed by atoms with Crippen LogP contribution in [0.15, 0.2) is 18.2 Å². The molecule has 0 amide bonds. The Kier molecular flexibility index (Phi) is 4.74. The van der Waals surface area contributed by atoms with Crippen LogP contribution in [0, 0.1) is 0 Å². The van der Waals surface area contributed by atoms with E-state index in [9.17, 15) is 8.42 Å². The predicted octanol–water partition coefficient (Wildman–Crippen LogP) is 2.25. The van der Waals surface area contributed by atoms with Gasteiger partial charge in [0.1, 0.15) is 0 Å². The summed E-state index contributed by atoms with van der Waals surface area (Å²) in [5.74, 6) is -0.0564. The Morgan fingerprint density at radius 3 is 2.42 bits per heavy atom. The average Bonchev–Trinajstić information content (AvgIpc) is 2.34. The Morgan fingerprint density at radius 1 is 1.21 bits per heavy atom. The van der Waals surface area contributed by atoms with Crippen molar-refractivity contribution < 1.29 is 8.42 Å². The normalized spacial score (nSPS) is 18.7. The third-order valence-corrected chi connectivity index (χ3v) is 5.81. The van der Waals surface area contributed by atoms with E-state index in [-0.39, 0.29) is 11.8 Å². The molecule has 0 bridgehead atoms. The molecule has 7 heteroatoms. The highest BCUT2D eigenvalue weighted by molar-refractivity contribution is 7.88. The highest BCUT2D eigenvalue weighted by atomic mass is 35.5. The summed E-state index contributed by atoms with van der Waals surface area (Å²) < 4.78 is 26.0. The van der Waals surface area contributed by atoms with E-state index in [4.69, 9.17) is 28.9 Å². The van der Waals surface area contributed by atoms with Crippen LogP contribution in [0.4, 0.5) is 0 Å². The maximum Gasteiger partial charge on any atom is 0.218 e. The van der Waals surface area contributed by atoms with Gasteiger partial charge in [0, 0.05) is 19.1 Å². The molecule has 0 atom stereocenters. The zero-order valence-electron chi connectivity index (χ0n) is 10.4. The van der Waals surface area contributed by atoms with Crippen molar-refractivity contribution in [2.45, 2.75) is 24.6 Å². The lowest BCUT2D eigenvalue weighted by atomic mass is 10.1. The second-order valence-corrected chi connectivity index (χ2v) is 7.52. The predicted molar refractivity (Wildman–Crippen MR) is 77.9 cm³/mol. The Labute approximate surface area is 123 Å². The maximum absolute atomic E-state index is 12.3. The molecular formula is C12H16Cl2N2O2S. The second-order valence-electron chi connectivity index (χ2n) is 4.74. The summed E-state index contributed by atoms with van der Waals surface area (Å²) >= 11 is 11.7. The van der Waals surface area contributed by atoms with Gasteiger partial charge in [0.15, 0.2) is 0 Å². The van der Waals surface area contributed by atoms with Crippen molar-refractivity contribution in [1.29, 1.82) is 0 Å².